The maximum Gasteiger partial charge on any atom is 0.417 e. The Morgan fingerprint density at radius 3 is 2.54 bits per heavy atom. The number of ether oxygens (including phenoxy) is 1. The van der Waals surface area contributed by atoms with E-state index in [1.165, 1.54) is 0 Å². The van der Waals surface area contributed by atoms with Crippen LogP contribution >= 0.6 is 11.6 Å². The largest absolute Gasteiger partial charge is 0.461 e. The molecule has 7 rings (SSSR count). The topological polar surface area (TPSA) is 79.5 Å². The zero-order chi connectivity index (χ0) is 34.6. The van der Waals surface area contributed by atoms with E-state index in [1.807, 2.05) is 4.90 Å². The SMILES string of the molecule is C=C1C[C@H]2[C@@H]3CC[C@H](CN2c2nc(OC[C@]4(C)CC(C(F)F)CN4C)nc4c(F)c(-c5c(F)c(N)cc(C)c5C(F)(F)F)c(Cl)c1c24)N3. The number of rotatable bonds is 5. The number of likely N-dealkylation sites (N-methyl/N-ethyl adjacent to an activating group) is 1. The molecule has 15 heteroatoms. The molecule has 48 heavy (non-hydrogen) atoms. The van der Waals surface area contributed by atoms with Crippen molar-refractivity contribution < 1.29 is 35.5 Å². The van der Waals surface area contributed by atoms with Crippen molar-refractivity contribution in [2.24, 2.45) is 5.92 Å². The molecule has 0 amide bonds. The van der Waals surface area contributed by atoms with E-state index in [-0.39, 0.29) is 60.5 Å². The lowest BCUT2D eigenvalue weighted by atomic mass is 9.88. The fourth-order valence-electron chi connectivity index (χ4n) is 8.16. The lowest BCUT2D eigenvalue weighted by Gasteiger charge is -2.41. The van der Waals surface area contributed by atoms with Gasteiger partial charge in [-0.15, -0.1) is 0 Å². The molecule has 5 atom stereocenters. The number of anilines is 2. The highest BCUT2D eigenvalue weighted by molar-refractivity contribution is 6.37. The Morgan fingerprint density at radius 2 is 1.88 bits per heavy atom. The second-order valence-corrected chi connectivity index (χ2v) is 14.2. The Balaban J connectivity index is 1.47. The van der Waals surface area contributed by atoms with E-state index >= 15 is 8.78 Å². The van der Waals surface area contributed by atoms with Crippen LogP contribution in [0.2, 0.25) is 5.02 Å². The first-order valence-corrected chi connectivity index (χ1v) is 16.1. The van der Waals surface area contributed by atoms with E-state index in [2.05, 4.69) is 16.9 Å². The van der Waals surface area contributed by atoms with E-state index < -0.39 is 74.2 Å². The fourth-order valence-corrected chi connectivity index (χ4v) is 8.57. The van der Waals surface area contributed by atoms with Crippen molar-refractivity contribution >= 4 is 39.6 Å². The number of hydrogen-bond donors (Lipinski definition) is 2. The van der Waals surface area contributed by atoms with E-state index in [1.54, 1.807) is 18.9 Å². The molecule has 0 spiro atoms. The molecule has 0 radical (unpaired) electrons. The maximum absolute atomic E-state index is 17.0. The number of aromatic nitrogens is 2. The number of nitrogens with one attached hydrogen (secondary N) is 1. The number of halogens is 8. The molecular weight excluding hydrogens is 665 g/mol. The van der Waals surface area contributed by atoms with Gasteiger partial charge in [0, 0.05) is 53.8 Å². The number of piperazine rings is 1. The van der Waals surface area contributed by atoms with E-state index in [4.69, 9.17) is 27.1 Å². The van der Waals surface area contributed by atoms with E-state index in [0.717, 1.165) is 25.8 Å². The van der Waals surface area contributed by atoms with Crippen LogP contribution in [0.1, 0.15) is 49.3 Å². The lowest BCUT2D eigenvalue weighted by Crippen LogP contribution is -2.58. The molecule has 0 aliphatic carbocycles. The fraction of sp³-hybridized carbons (Fsp3) is 0.515. The van der Waals surface area contributed by atoms with Gasteiger partial charge in [0.2, 0.25) is 6.43 Å². The number of aryl methyl sites for hydroxylation is 1. The summed E-state index contributed by atoms with van der Waals surface area (Å²) in [6.07, 6.45) is -5.46. The molecule has 4 aliphatic rings. The highest BCUT2D eigenvalue weighted by Crippen LogP contribution is 2.52. The molecule has 4 aliphatic heterocycles. The first-order chi connectivity index (χ1) is 22.5. The van der Waals surface area contributed by atoms with Crippen molar-refractivity contribution in [2.75, 3.05) is 37.4 Å². The molecule has 3 saturated heterocycles. The zero-order valence-electron chi connectivity index (χ0n) is 26.4. The van der Waals surface area contributed by atoms with Crippen LogP contribution in [0.3, 0.4) is 0 Å². The summed E-state index contributed by atoms with van der Waals surface area (Å²) < 4.78 is 110. The second-order valence-electron chi connectivity index (χ2n) is 13.8. The molecule has 5 heterocycles. The van der Waals surface area contributed by atoms with Crippen LogP contribution in [0, 0.1) is 24.5 Å². The normalized spacial score (nSPS) is 27.2. The minimum Gasteiger partial charge on any atom is -0.461 e. The third kappa shape index (κ3) is 5.08. The van der Waals surface area contributed by atoms with E-state index in [0.29, 0.717) is 18.5 Å². The van der Waals surface area contributed by atoms with Crippen LogP contribution in [0.15, 0.2) is 12.6 Å². The summed E-state index contributed by atoms with van der Waals surface area (Å²) in [5.41, 5.74) is 0.618. The molecule has 1 aromatic heterocycles. The first kappa shape index (κ1) is 33.2. The van der Waals surface area contributed by atoms with Crippen molar-refractivity contribution in [2.45, 2.75) is 75.8 Å². The van der Waals surface area contributed by atoms with Gasteiger partial charge in [0.05, 0.1) is 27.2 Å². The van der Waals surface area contributed by atoms with E-state index in [9.17, 15) is 22.0 Å². The van der Waals surface area contributed by atoms with Gasteiger partial charge in [-0.25, -0.2) is 17.6 Å². The maximum atomic E-state index is 17.0. The Morgan fingerprint density at radius 1 is 1.15 bits per heavy atom. The van der Waals surface area contributed by atoms with Crippen LogP contribution in [0.5, 0.6) is 6.01 Å². The summed E-state index contributed by atoms with van der Waals surface area (Å²) in [4.78, 5) is 12.8. The van der Waals surface area contributed by atoms with Gasteiger partial charge >= 0.3 is 12.2 Å². The van der Waals surface area contributed by atoms with Crippen LogP contribution < -0.4 is 20.7 Å². The predicted molar refractivity (Wildman–Crippen MR) is 169 cm³/mol. The van der Waals surface area contributed by atoms with Gasteiger partial charge in [0.25, 0.3) is 0 Å². The minimum absolute atomic E-state index is 0.00969. The number of alkyl halides is 5. The van der Waals surface area contributed by atoms with Crippen LogP contribution in [0.25, 0.3) is 27.6 Å². The molecule has 3 N–H and O–H groups in total. The lowest BCUT2D eigenvalue weighted by molar-refractivity contribution is -0.137. The van der Waals surface area contributed by atoms with Crippen molar-refractivity contribution in [3.63, 3.8) is 0 Å². The molecule has 3 aromatic rings. The van der Waals surface area contributed by atoms with Gasteiger partial charge in [-0.3, -0.25) is 4.90 Å². The van der Waals surface area contributed by atoms with Gasteiger partial charge < -0.3 is 20.7 Å². The molecule has 1 unspecified atom stereocenters. The number of benzene rings is 2. The van der Waals surface area contributed by atoms with Crippen molar-refractivity contribution in [3.05, 3.63) is 46.0 Å². The molecule has 2 aromatic carbocycles. The molecule has 2 bridgehead atoms. The number of hydrogen-bond acceptors (Lipinski definition) is 7. The average molecular weight is 699 g/mol. The second kappa shape index (κ2) is 11.3. The average Bonchev–Trinajstić information content (AvgIpc) is 3.50. The van der Waals surface area contributed by atoms with Gasteiger partial charge in [-0.1, -0.05) is 18.2 Å². The Bertz CT molecular complexity index is 1850. The smallest absolute Gasteiger partial charge is 0.417 e. The Hall–Kier alpha value is -3.36. The monoisotopic (exact) mass is 698 g/mol. The van der Waals surface area contributed by atoms with Crippen molar-refractivity contribution in [3.8, 4) is 17.1 Å². The van der Waals surface area contributed by atoms with Crippen molar-refractivity contribution in [1.82, 2.24) is 20.2 Å². The highest BCUT2D eigenvalue weighted by Gasteiger charge is 2.47. The number of nitrogens with two attached hydrogens (primary N) is 1. The minimum atomic E-state index is -5.10. The van der Waals surface area contributed by atoms with Crippen LogP contribution in [0.4, 0.5) is 42.2 Å². The number of likely N-dealkylation sites (tertiary alicyclic amines) is 1. The Kier molecular flexibility index (Phi) is 7.83. The summed E-state index contributed by atoms with van der Waals surface area (Å²) in [6, 6.07) is 0.429. The number of nitrogens with zero attached hydrogens (tertiary/aromatic N) is 4. The molecule has 0 saturated carbocycles. The number of fused-ring (bicyclic) bond motifs is 5. The van der Waals surface area contributed by atoms with Gasteiger partial charge in [-0.2, -0.15) is 23.1 Å². The third-order valence-corrected chi connectivity index (χ3v) is 11.0. The summed E-state index contributed by atoms with van der Waals surface area (Å²) >= 11 is 6.87. The molecule has 7 nitrogen and oxygen atoms in total. The summed E-state index contributed by atoms with van der Waals surface area (Å²) in [5, 5.41) is 3.24. The third-order valence-electron chi connectivity index (χ3n) is 10.6. The summed E-state index contributed by atoms with van der Waals surface area (Å²) in [6.45, 7) is 7.59. The van der Waals surface area contributed by atoms with Crippen LogP contribution in [-0.2, 0) is 6.18 Å². The Labute approximate surface area is 277 Å². The molecular formula is C33H34ClF7N6O. The first-order valence-electron chi connectivity index (χ1n) is 15.7. The highest BCUT2D eigenvalue weighted by atomic mass is 35.5. The van der Waals surface area contributed by atoms with Gasteiger partial charge in [0.1, 0.15) is 17.9 Å². The van der Waals surface area contributed by atoms with Gasteiger partial charge in [-0.05, 0) is 63.8 Å². The predicted octanol–water partition coefficient (Wildman–Crippen LogP) is 7.22. The van der Waals surface area contributed by atoms with Crippen LogP contribution in [-0.4, -0.2) is 71.7 Å². The summed E-state index contributed by atoms with van der Waals surface area (Å²) in [7, 11) is 1.70. The number of nitrogen functional groups attached to an aromatic ring is 1. The molecule has 258 valence electrons. The zero-order valence-corrected chi connectivity index (χ0v) is 27.2. The standard InChI is InChI=1S/C33H34ClF7N6O/c1-13-8-19-18-6-5-16(43-18)11-47(19)30-23-20(13)25(34)22(21-24(33(39,40)41)14(2)7-17(42)26(21)35)27(36)28(23)44-31(45-30)48-12-32(3)9-15(29(37)38)10-46(32)4/h7,15-16,18-19,29,43H,1,5-6,8-12,42H2,2-4H3/t15?,16-,18+,19+,32+/m1/s1. The van der Waals surface area contributed by atoms with Crippen molar-refractivity contribution in [1.29, 1.82) is 0 Å². The molecule has 3 fully saturated rings. The van der Waals surface area contributed by atoms with Gasteiger partial charge in [0.15, 0.2) is 11.6 Å². The summed E-state index contributed by atoms with van der Waals surface area (Å²) in [5.74, 6) is -3.41. The quantitative estimate of drug-likeness (QED) is 0.215.